The number of hydrogen-bond donors (Lipinski definition) is 1. The summed E-state index contributed by atoms with van der Waals surface area (Å²) in [5.41, 5.74) is 3.43. The molecule has 7 heteroatoms. The summed E-state index contributed by atoms with van der Waals surface area (Å²) in [6.07, 6.45) is 2.17. The van der Waals surface area contributed by atoms with E-state index in [2.05, 4.69) is 4.98 Å². The van der Waals surface area contributed by atoms with Crippen molar-refractivity contribution in [2.24, 2.45) is 0 Å². The Balaban J connectivity index is 1.44. The van der Waals surface area contributed by atoms with E-state index in [4.69, 9.17) is 4.74 Å². The fourth-order valence-corrected chi connectivity index (χ4v) is 4.20. The van der Waals surface area contributed by atoms with Gasteiger partial charge in [-0.05, 0) is 43.5 Å². The molecule has 1 aliphatic heterocycles. The van der Waals surface area contributed by atoms with Gasteiger partial charge in [0.25, 0.3) is 11.8 Å². The van der Waals surface area contributed by atoms with E-state index in [1.807, 2.05) is 6.92 Å². The third-order valence-corrected chi connectivity index (χ3v) is 5.82. The topological polar surface area (TPSA) is 82.7 Å². The van der Waals surface area contributed by atoms with Crippen LogP contribution in [-0.2, 0) is 6.42 Å². The van der Waals surface area contributed by atoms with Crippen molar-refractivity contribution in [2.45, 2.75) is 26.2 Å². The van der Waals surface area contributed by atoms with Crippen LogP contribution in [0.15, 0.2) is 24.3 Å². The lowest BCUT2D eigenvalue weighted by Gasteiger charge is -2.34. The number of carbonyl (C=O) groups is 3. The van der Waals surface area contributed by atoms with Gasteiger partial charge in [0.1, 0.15) is 11.4 Å². The summed E-state index contributed by atoms with van der Waals surface area (Å²) >= 11 is 0. The molecule has 1 aromatic carbocycles. The van der Waals surface area contributed by atoms with Crippen LogP contribution < -0.4 is 4.74 Å². The van der Waals surface area contributed by atoms with Crippen LogP contribution in [0.5, 0.6) is 5.75 Å². The first kappa shape index (κ1) is 19.2. The molecule has 2 aliphatic rings. The van der Waals surface area contributed by atoms with Crippen LogP contribution in [-0.4, -0.2) is 65.7 Å². The second-order valence-electron chi connectivity index (χ2n) is 7.57. The van der Waals surface area contributed by atoms with Crippen LogP contribution in [0.2, 0.25) is 0 Å². The van der Waals surface area contributed by atoms with Crippen LogP contribution in [0.4, 0.5) is 0 Å². The SMILES string of the molecule is COc1cccc(C(=O)N2CCN(C(=O)c3[nH]c4c(c3C)C(=O)CCC4)CC2)c1. The number of rotatable bonds is 3. The Morgan fingerprint density at radius 1 is 1.03 bits per heavy atom. The van der Waals surface area contributed by atoms with Crippen LogP contribution in [0.3, 0.4) is 0 Å². The molecule has 4 rings (SSSR count). The van der Waals surface area contributed by atoms with Crippen molar-refractivity contribution in [3.63, 3.8) is 0 Å². The summed E-state index contributed by atoms with van der Waals surface area (Å²) in [6.45, 7) is 3.71. The van der Waals surface area contributed by atoms with Crippen molar-refractivity contribution in [1.29, 1.82) is 0 Å². The Bertz CT molecular complexity index is 970. The number of aryl methyl sites for hydroxylation is 1. The van der Waals surface area contributed by atoms with Crippen molar-refractivity contribution in [2.75, 3.05) is 33.3 Å². The average molecular weight is 395 g/mol. The number of hydrogen-bond acceptors (Lipinski definition) is 4. The number of amides is 2. The number of aromatic nitrogens is 1. The molecule has 1 aromatic heterocycles. The summed E-state index contributed by atoms with van der Waals surface area (Å²) in [5, 5.41) is 0. The van der Waals surface area contributed by atoms with E-state index in [0.717, 1.165) is 24.1 Å². The first-order valence-corrected chi connectivity index (χ1v) is 9.97. The maximum atomic E-state index is 13.0. The smallest absolute Gasteiger partial charge is 0.270 e. The standard InChI is InChI=1S/C22H25N3O4/c1-14-19-17(7-4-8-18(19)26)23-20(14)22(28)25-11-9-24(10-12-25)21(27)15-5-3-6-16(13-15)29-2/h3,5-6,13,23H,4,7-12H2,1-2H3. The number of piperazine rings is 1. The van der Waals surface area contributed by atoms with Crippen LogP contribution in [0.25, 0.3) is 0 Å². The van der Waals surface area contributed by atoms with Gasteiger partial charge >= 0.3 is 0 Å². The van der Waals surface area contributed by atoms with E-state index in [-0.39, 0.29) is 17.6 Å². The minimum Gasteiger partial charge on any atom is -0.497 e. The van der Waals surface area contributed by atoms with Crippen LogP contribution >= 0.6 is 0 Å². The molecule has 2 heterocycles. The summed E-state index contributed by atoms with van der Waals surface area (Å²) < 4.78 is 5.19. The number of aromatic amines is 1. The zero-order chi connectivity index (χ0) is 20.5. The van der Waals surface area contributed by atoms with E-state index < -0.39 is 0 Å². The maximum absolute atomic E-state index is 13.0. The van der Waals surface area contributed by atoms with Gasteiger partial charge in [0, 0.05) is 49.4 Å². The van der Waals surface area contributed by atoms with E-state index in [0.29, 0.717) is 55.2 Å². The van der Waals surface area contributed by atoms with Crippen molar-refractivity contribution in [3.8, 4) is 5.75 Å². The minimum atomic E-state index is -0.0989. The van der Waals surface area contributed by atoms with Crippen molar-refractivity contribution < 1.29 is 19.1 Å². The molecule has 7 nitrogen and oxygen atoms in total. The number of fused-ring (bicyclic) bond motifs is 1. The maximum Gasteiger partial charge on any atom is 0.270 e. The van der Waals surface area contributed by atoms with Crippen molar-refractivity contribution in [1.82, 2.24) is 14.8 Å². The van der Waals surface area contributed by atoms with E-state index >= 15 is 0 Å². The lowest BCUT2D eigenvalue weighted by atomic mass is 9.93. The Morgan fingerprint density at radius 3 is 2.38 bits per heavy atom. The molecular formula is C22H25N3O4. The van der Waals surface area contributed by atoms with Gasteiger partial charge < -0.3 is 19.5 Å². The Hall–Kier alpha value is -3.09. The quantitative estimate of drug-likeness (QED) is 0.865. The largest absolute Gasteiger partial charge is 0.497 e. The zero-order valence-electron chi connectivity index (χ0n) is 16.8. The summed E-state index contributed by atoms with van der Waals surface area (Å²) in [4.78, 5) is 44.7. The number of nitrogens with zero attached hydrogens (tertiary/aromatic N) is 2. The third-order valence-electron chi connectivity index (χ3n) is 5.82. The highest BCUT2D eigenvalue weighted by molar-refractivity contribution is 6.04. The molecule has 152 valence electrons. The monoisotopic (exact) mass is 395 g/mol. The molecule has 1 saturated heterocycles. The average Bonchev–Trinajstić information content (AvgIpc) is 3.10. The highest BCUT2D eigenvalue weighted by Crippen LogP contribution is 2.27. The number of Topliss-reactive ketones (excluding diaryl/α,β-unsaturated/α-hetero) is 1. The van der Waals surface area contributed by atoms with E-state index in [9.17, 15) is 14.4 Å². The molecule has 29 heavy (non-hydrogen) atoms. The predicted molar refractivity (Wildman–Crippen MR) is 108 cm³/mol. The molecule has 2 amide bonds. The molecular weight excluding hydrogens is 370 g/mol. The molecule has 0 bridgehead atoms. The van der Waals surface area contributed by atoms with Gasteiger partial charge in [-0.2, -0.15) is 0 Å². The highest BCUT2D eigenvalue weighted by atomic mass is 16.5. The van der Waals surface area contributed by atoms with Crippen LogP contribution in [0.1, 0.15) is 55.3 Å². The fourth-order valence-electron chi connectivity index (χ4n) is 4.20. The Morgan fingerprint density at radius 2 is 1.72 bits per heavy atom. The van der Waals surface area contributed by atoms with Gasteiger partial charge in [-0.25, -0.2) is 0 Å². The normalized spacial score (nSPS) is 16.6. The Kier molecular flexibility index (Phi) is 5.13. The summed E-state index contributed by atoms with van der Waals surface area (Å²) in [6, 6.07) is 7.09. The number of H-pyrrole nitrogens is 1. The van der Waals surface area contributed by atoms with E-state index in [1.165, 1.54) is 0 Å². The number of methoxy groups -OCH3 is 1. The number of nitrogens with one attached hydrogen (secondary N) is 1. The first-order chi connectivity index (χ1) is 14.0. The molecule has 1 N–H and O–H groups in total. The molecule has 1 aliphatic carbocycles. The molecule has 0 atom stereocenters. The summed E-state index contributed by atoms with van der Waals surface area (Å²) in [5.74, 6) is 0.601. The molecule has 1 fully saturated rings. The third kappa shape index (κ3) is 3.52. The highest BCUT2D eigenvalue weighted by Gasteiger charge is 2.31. The zero-order valence-corrected chi connectivity index (χ0v) is 16.8. The number of carbonyl (C=O) groups excluding carboxylic acids is 3. The molecule has 0 radical (unpaired) electrons. The van der Waals surface area contributed by atoms with Gasteiger partial charge in [-0.3, -0.25) is 14.4 Å². The van der Waals surface area contributed by atoms with Gasteiger partial charge in [0.2, 0.25) is 0 Å². The lowest BCUT2D eigenvalue weighted by molar-refractivity contribution is 0.0532. The van der Waals surface area contributed by atoms with Crippen LogP contribution in [0, 0.1) is 6.92 Å². The second-order valence-corrected chi connectivity index (χ2v) is 7.57. The van der Waals surface area contributed by atoms with Gasteiger partial charge in [0.05, 0.1) is 7.11 Å². The molecule has 0 saturated carbocycles. The van der Waals surface area contributed by atoms with Gasteiger partial charge in [-0.15, -0.1) is 0 Å². The van der Waals surface area contributed by atoms with Gasteiger partial charge in [0.15, 0.2) is 5.78 Å². The summed E-state index contributed by atoms with van der Waals surface area (Å²) in [7, 11) is 1.57. The Labute approximate surface area is 169 Å². The molecule has 0 unspecified atom stereocenters. The molecule has 2 aromatic rings. The first-order valence-electron chi connectivity index (χ1n) is 9.97. The number of ether oxygens (including phenoxy) is 1. The number of benzene rings is 1. The van der Waals surface area contributed by atoms with Gasteiger partial charge in [-0.1, -0.05) is 6.07 Å². The van der Waals surface area contributed by atoms with Crippen molar-refractivity contribution >= 4 is 17.6 Å². The van der Waals surface area contributed by atoms with E-state index in [1.54, 1.807) is 41.2 Å². The van der Waals surface area contributed by atoms with Crippen molar-refractivity contribution in [3.05, 3.63) is 52.3 Å². The molecule has 0 spiro atoms. The second kappa shape index (κ2) is 7.73. The number of ketones is 1. The lowest BCUT2D eigenvalue weighted by Crippen LogP contribution is -2.50. The predicted octanol–water partition coefficient (Wildman–Crippen LogP) is 2.45. The fraction of sp³-hybridized carbons (Fsp3) is 0.409. The minimum absolute atomic E-state index is 0.0619.